The van der Waals surface area contributed by atoms with Crippen LogP contribution in [0.3, 0.4) is 0 Å². The first-order valence-corrected chi connectivity index (χ1v) is 11.0. The van der Waals surface area contributed by atoms with Crippen LogP contribution in [0.1, 0.15) is 45.4 Å². The van der Waals surface area contributed by atoms with E-state index in [4.69, 9.17) is 0 Å². The SMILES string of the molecule is CCS(=O)(=O)NCCCN1CCC2(CC1)CC2CN(C)C1CC1. The summed E-state index contributed by atoms with van der Waals surface area (Å²) in [5.74, 6) is 1.11. The number of hydrogen-bond donors (Lipinski definition) is 1. The zero-order valence-corrected chi connectivity index (χ0v) is 15.6. The van der Waals surface area contributed by atoms with Crippen LogP contribution in [0.15, 0.2) is 0 Å². The summed E-state index contributed by atoms with van der Waals surface area (Å²) in [5, 5.41) is 0. The second kappa shape index (κ2) is 6.98. The number of hydrogen-bond acceptors (Lipinski definition) is 4. The highest BCUT2D eigenvalue weighted by molar-refractivity contribution is 7.89. The third kappa shape index (κ3) is 4.68. The molecule has 1 atom stereocenters. The maximum Gasteiger partial charge on any atom is 0.211 e. The van der Waals surface area contributed by atoms with Crippen molar-refractivity contribution in [1.29, 1.82) is 0 Å². The molecule has 1 spiro atoms. The number of rotatable bonds is 9. The Morgan fingerprint density at radius 2 is 1.96 bits per heavy atom. The number of piperidine rings is 1. The van der Waals surface area contributed by atoms with Gasteiger partial charge in [0, 0.05) is 19.1 Å². The van der Waals surface area contributed by atoms with Crippen molar-refractivity contribution < 1.29 is 8.42 Å². The van der Waals surface area contributed by atoms with Gasteiger partial charge in [0.2, 0.25) is 10.0 Å². The molecule has 0 radical (unpaired) electrons. The number of nitrogens with zero attached hydrogens (tertiary/aromatic N) is 2. The van der Waals surface area contributed by atoms with Crippen molar-refractivity contribution in [2.75, 3.05) is 45.5 Å². The summed E-state index contributed by atoms with van der Waals surface area (Å²) in [4.78, 5) is 5.11. The highest BCUT2D eigenvalue weighted by Crippen LogP contribution is 2.59. The lowest BCUT2D eigenvalue weighted by molar-refractivity contribution is 0.154. The number of nitrogens with one attached hydrogen (secondary N) is 1. The first-order valence-electron chi connectivity index (χ1n) is 9.34. The van der Waals surface area contributed by atoms with Crippen LogP contribution in [0.5, 0.6) is 0 Å². The lowest BCUT2D eigenvalue weighted by atomic mass is 9.90. The molecular formula is C17H33N3O2S. The molecule has 0 bridgehead atoms. The van der Waals surface area contributed by atoms with Gasteiger partial charge in [0.25, 0.3) is 0 Å². The lowest BCUT2D eigenvalue weighted by Crippen LogP contribution is -2.38. The second-order valence-corrected chi connectivity index (χ2v) is 10.0. The fourth-order valence-corrected chi connectivity index (χ4v) is 4.83. The molecule has 0 aromatic carbocycles. The lowest BCUT2D eigenvalue weighted by Gasteiger charge is -2.33. The topological polar surface area (TPSA) is 52.7 Å². The molecule has 5 nitrogen and oxygen atoms in total. The average Bonchev–Trinajstić information content (AvgIpc) is 3.43. The molecule has 6 heteroatoms. The molecule has 3 rings (SSSR count). The third-order valence-electron chi connectivity index (χ3n) is 6.24. The molecule has 1 N–H and O–H groups in total. The second-order valence-electron chi connectivity index (χ2n) is 7.93. The molecule has 2 saturated carbocycles. The van der Waals surface area contributed by atoms with Crippen LogP contribution in [0, 0.1) is 11.3 Å². The Morgan fingerprint density at radius 1 is 1.26 bits per heavy atom. The summed E-state index contributed by atoms with van der Waals surface area (Å²) in [6, 6.07) is 0.889. The van der Waals surface area contributed by atoms with Gasteiger partial charge in [0.15, 0.2) is 0 Å². The van der Waals surface area contributed by atoms with Gasteiger partial charge in [-0.15, -0.1) is 0 Å². The Kier molecular flexibility index (Phi) is 5.36. The third-order valence-corrected chi connectivity index (χ3v) is 7.65. The minimum Gasteiger partial charge on any atom is -0.303 e. The van der Waals surface area contributed by atoms with E-state index in [1.807, 2.05) is 0 Å². The fraction of sp³-hybridized carbons (Fsp3) is 1.00. The summed E-state index contributed by atoms with van der Waals surface area (Å²) in [6.45, 7) is 6.98. The van der Waals surface area contributed by atoms with Crippen LogP contribution in [-0.2, 0) is 10.0 Å². The van der Waals surface area contributed by atoms with E-state index in [-0.39, 0.29) is 5.75 Å². The fourth-order valence-electron chi connectivity index (χ4n) is 4.17. The van der Waals surface area contributed by atoms with Gasteiger partial charge in [0.05, 0.1) is 5.75 Å². The Morgan fingerprint density at radius 3 is 2.57 bits per heavy atom. The van der Waals surface area contributed by atoms with Crippen LogP contribution >= 0.6 is 0 Å². The maximum absolute atomic E-state index is 11.4. The zero-order chi connectivity index (χ0) is 16.5. The van der Waals surface area contributed by atoms with Gasteiger partial charge >= 0.3 is 0 Å². The molecule has 3 fully saturated rings. The van der Waals surface area contributed by atoms with Crippen LogP contribution in [-0.4, -0.2) is 69.8 Å². The van der Waals surface area contributed by atoms with E-state index in [1.165, 1.54) is 51.7 Å². The molecule has 0 amide bonds. The van der Waals surface area contributed by atoms with Gasteiger partial charge in [-0.2, -0.15) is 0 Å². The Balaban J connectivity index is 1.30. The molecule has 1 heterocycles. The van der Waals surface area contributed by atoms with E-state index in [9.17, 15) is 8.42 Å². The standard InChI is InChI=1S/C17H33N3O2S/c1-3-23(21,22)18-9-4-10-20-11-7-17(8-12-20)13-15(17)14-19(2)16-5-6-16/h15-16,18H,3-14H2,1-2H3. The summed E-state index contributed by atoms with van der Waals surface area (Å²) < 4.78 is 25.4. The molecule has 1 saturated heterocycles. The molecule has 3 aliphatic rings. The Hall–Kier alpha value is -0.170. The monoisotopic (exact) mass is 343 g/mol. The minimum atomic E-state index is -3.03. The van der Waals surface area contributed by atoms with Gasteiger partial charge in [-0.05, 0) is 83.5 Å². The molecule has 0 aromatic heterocycles. The highest BCUT2D eigenvalue weighted by atomic mass is 32.2. The van der Waals surface area contributed by atoms with Crippen LogP contribution in [0.2, 0.25) is 0 Å². The van der Waals surface area contributed by atoms with E-state index in [2.05, 4.69) is 21.6 Å². The zero-order valence-electron chi connectivity index (χ0n) is 14.8. The highest BCUT2D eigenvalue weighted by Gasteiger charge is 2.55. The van der Waals surface area contributed by atoms with Crippen molar-refractivity contribution in [3.63, 3.8) is 0 Å². The predicted molar refractivity (Wildman–Crippen MR) is 93.9 cm³/mol. The van der Waals surface area contributed by atoms with Crippen LogP contribution in [0.4, 0.5) is 0 Å². The van der Waals surface area contributed by atoms with E-state index >= 15 is 0 Å². The van der Waals surface area contributed by atoms with Crippen molar-refractivity contribution in [3.05, 3.63) is 0 Å². The van der Waals surface area contributed by atoms with Crippen molar-refractivity contribution in [2.45, 2.75) is 51.5 Å². The van der Waals surface area contributed by atoms with E-state index in [0.29, 0.717) is 12.0 Å². The largest absolute Gasteiger partial charge is 0.303 e. The van der Waals surface area contributed by atoms with Crippen LogP contribution in [0.25, 0.3) is 0 Å². The summed E-state index contributed by atoms with van der Waals surface area (Å²) in [6.07, 6.45) is 7.86. The summed E-state index contributed by atoms with van der Waals surface area (Å²) >= 11 is 0. The van der Waals surface area contributed by atoms with E-state index in [1.54, 1.807) is 6.92 Å². The van der Waals surface area contributed by atoms with Crippen molar-refractivity contribution in [3.8, 4) is 0 Å². The van der Waals surface area contributed by atoms with Crippen LogP contribution < -0.4 is 4.72 Å². The maximum atomic E-state index is 11.4. The average molecular weight is 344 g/mol. The van der Waals surface area contributed by atoms with Gasteiger partial charge in [-0.1, -0.05) is 0 Å². The predicted octanol–water partition coefficient (Wildman–Crippen LogP) is 1.51. The molecule has 1 aliphatic heterocycles. The Bertz CT molecular complexity index is 496. The smallest absolute Gasteiger partial charge is 0.211 e. The first-order chi connectivity index (χ1) is 10.9. The van der Waals surface area contributed by atoms with Crippen molar-refractivity contribution >= 4 is 10.0 Å². The van der Waals surface area contributed by atoms with E-state index in [0.717, 1.165) is 24.9 Å². The first kappa shape index (κ1) is 17.6. The summed E-state index contributed by atoms with van der Waals surface area (Å²) in [5.41, 5.74) is 0.656. The molecule has 0 aromatic rings. The van der Waals surface area contributed by atoms with Gasteiger partial charge < -0.3 is 9.80 Å². The molecule has 2 aliphatic carbocycles. The van der Waals surface area contributed by atoms with Crippen molar-refractivity contribution in [2.24, 2.45) is 11.3 Å². The van der Waals surface area contributed by atoms with Gasteiger partial charge in [0.1, 0.15) is 0 Å². The normalized spacial score (nSPS) is 27.7. The molecular weight excluding hydrogens is 310 g/mol. The van der Waals surface area contributed by atoms with Gasteiger partial charge in [-0.25, -0.2) is 13.1 Å². The summed E-state index contributed by atoms with van der Waals surface area (Å²) in [7, 11) is -0.723. The quantitative estimate of drug-likeness (QED) is 0.645. The molecule has 1 unspecified atom stereocenters. The van der Waals surface area contributed by atoms with E-state index < -0.39 is 10.0 Å². The van der Waals surface area contributed by atoms with Gasteiger partial charge in [-0.3, -0.25) is 0 Å². The number of likely N-dealkylation sites (tertiary alicyclic amines) is 1. The minimum absolute atomic E-state index is 0.177. The number of sulfonamides is 1. The molecule has 23 heavy (non-hydrogen) atoms. The Labute approximate surface area is 141 Å². The van der Waals surface area contributed by atoms with Crippen molar-refractivity contribution in [1.82, 2.24) is 14.5 Å². The molecule has 134 valence electrons.